The Balaban J connectivity index is 1.46. The molecule has 2 N–H and O–H groups in total. The van der Waals surface area contributed by atoms with Crippen LogP contribution < -0.4 is 10.6 Å². The van der Waals surface area contributed by atoms with E-state index in [2.05, 4.69) is 76.0 Å². The van der Waals surface area contributed by atoms with Gasteiger partial charge in [0.05, 0.1) is 11.3 Å². The second-order valence-electron chi connectivity index (χ2n) is 11.4. The topological polar surface area (TPSA) is 78.1 Å². The zero-order chi connectivity index (χ0) is 31.1. The summed E-state index contributed by atoms with van der Waals surface area (Å²) in [6, 6.07) is 12.3. The number of aliphatic imine (C=N–C) groups is 1. The van der Waals surface area contributed by atoms with E-state index in [-0.39, 0.29) is 11.6 Å². The molecule has 2 amide bonds. The van der Waals surface area contributed by atoms with Crippen LogP contribution in [-0.4, -0.2) is 59.3 Å². The number of rotatable bonds is 10. The summed E-state index contributed by atoms with van der Waals surface area (Å²) in [5, 5.41) is 0. The molecular weight excluding hydrogens is 546 g/mol. The van der Waals surface area contributed by atoms with Gasteiger partial charge in [-0.2, -0.15) is 8.78 Å². The predicted octanol–water partition coefficient (Wildman–Crippen LogP) is 7.42. The molecule has 43 heavy (non-hydrogen) atoms. The van der Waals surface area contributed by atoms with Crippen LogP contribution in [0, 0.1) is 13.8 Å². The number of hydrogen-bond acceptors (Lipinski definition) is 5. The van der Waals surface area contributed by atoms with Crippen molar-refractivity contribution in [1.29, 1.82) is 0 Å². The van der Waals surface area contributed by atoms with Gasteiger partial charge < -0.3 is 14.7 Å². The summed E-state index contributed by atoms with van der Waals surface area (Å²) < 4.78 is 26.7. The lowest BCUT2D eigenvalue weighted by Gasteiger charge is -2.38. The SMILES string of the molecule is CCCC(C)=Nc1cc(-c2ccc(C)c(CN(CCC)C(=O)N3CCN(c4ccc(C(N)(F)F)cn4)CC3)c2)ccc1C. The van der Waals surface area contributed by atoms with Crippen molar-refractivity contribution in [2.24, 2.45) is 10.7 Å². The molecule has 0 bridgehead atoms. The number of carbonyl (C=O) groups excluding carboxylic acids is 1. The number of aryl methyl sites for hydroxylation is 2. The second-order valence-corrected chi connectivity index (χ2v) is 11.4. The maximum absolute atomic E-state index is 13.7. The van der Waals surface area contributed by atoms with E-state index in [0.717, 1.165) is 64.7 Å². The average Bonchev–Trinajstić information content (AvgIpc) is 2.98. The van der Waals surface area contributed by atoms with Crippen molar-refractivity contribution in [1.82, 2.24) is 14.8 Å². The van der Waals surface area contributed by atoms with Gasteiger partial charge in [0.15, 0.2) is 0 Å². The van der Waals surface area contributed by atoms with Crippen LogP contribution in [0.3, 0.4) is 0 Å². The van der Waals surface area contributed by atoms with Crippen LogP contribution in [0.4, 0.5) is 25.1 Å². The van der Waals surface area contributed by atoms with Gasteiger partial charge in [-0.25, -0.2) is 9.78 Å². The van der Waals surface area contributed by atoms with Gasteiger partial charge >= 0.3 is 12.1 Å². The highest BCUT2D eigenvalue weighted by Crippen LogP contribution is 2.30. The standard InChI is InChI=1S/C34H44F2N6O/c1-6-8-26(5)39-31-21-28(12-10-25(31)4)27-11-9-24(3)29(20-27)23-42(15-7-2)33(43)41-18-16-40(17-19-41)32-14-13-30(22-38-32)34(35,36)37/h9-14,20-22H,6-8,15-19,23,37H2,1-5H3. The third-order valence-electron chi connectivity index (χ3n) is 7.95. The first kappa shape index (κ1) is 32.1. The Hall–Kier alpha value is -3.85. The lowest BCUT2D eigenvalue weighted by Crippen LogP contribution is -2.53. The fourth-order valence-corrected chi connectivity index (χ4v) is 5.37. The Morgan fingerprint density at radius 2 is 1.65 bits per heavy atom. The molecule has 1 aromatic heterocycles. The van der Waals surface area contributed by atoms with Crippen LogP contribution in [0.25, 0.3) is 11.1 Å². The van der Waals surface area contributed by atoms with E-state index in [9.17, 15) is 13.6 Å². The number of pyridine rings is 1. The Bertz CT molecular complexity index is 1430. The molecule has 2 heterocycles. The molecule has 1 saturated heterocycles. The van der Waals surface area contributed by atoms with Crippen LogP contribution in [0.1, 0.15) is 62.3 Å². The van der Waals surface area contributed by atoms with Gasteiger partial charge in [0.2, 0.25) is 0 Å². The number of alkyl halides is 2. The van der Waals surface area contributed by atoms with E-state index < -0.39 is 6.05 Å². The van der Waals surface area contributed by atoms with Crippen LogP contribution in [0.15, 0.2) is 59.7 Å². The number of amides is 2. The number of urea groups is 1. The number of nitrogens with two attached hydrogens (primary N) is 1. The van der Waals surface area contributed by atoms with Gasteiger partial charge in [-0.15, -0.1) is 0 Å². The van der Waals surface area contributed by atoms with Gasteiger partial charge in [0.25, 0.3) is 0 Å². The molecule has 2 aromatic carbocycles. The van der Waals surface area contributed by atoms with Crippen molar-refractivity contribution in [3.05, 3.63) is 77.0 Å². The molecule has 1 aliphatic rings. The van der Waals surface area contributed by atoms with Crippen LogP contribution in [0.5, 0.6) is 0 Å². The highest BCUT2D eigenvalue weighted by Gasteiger charge is 2.28. The lowest BCUT2D eigenvalue weighted by atomic mass is 9.98. The summed E-state index contributed by atoms with van der Waals surface area (Å²) in [7, 11) is 0. The number of aromatic nitrogens is 1. The number of nitrogens with zero attached hydrogens (tertiary/aromatic N) is 5. The molecule has 0 radical (unpaired) electrons. The molecule has 1 aliphatic heterocycles. The highest BCUT2D eigenvalue weighted by atomic mass is 19.3. The lowest BCUT2D eigenvalue weighted by molar-refractivity contribution is 0.00265. The smallest absolute Gasteiger partial charge is 0.328 e. The van der Waals surface area contributed by atoms with Gasteiger partial charge in [0, 0.05) is 51.2 Å². The third kappa shape index (κ3) is 8.16. The number of hydrogen-bond donors (Lipinski definition) is 1. The molecule has 0 spiro atoms. The Morgan fingerprint density at radius 3 is 2.26 bits per heavy atom. The quantitative estimate of drug-likeness (QED) is 0.197. The number of halogens is 2. The number of benzene rings is 2. The minimum Gasteiger partial charge on any atom is -0.353 e. The number of piperazine rings is 1. The fourth-order valence-electron chi connectivity index (χ4n) is 5.37. The predicted molar refractivity (Wildman–Crippen MR) is 171 cm³/mol. The van der Waals surface area contributed by atoms with Crippen molar-refractivity contribution in [2.45, 2.75) is 66.5 Å². The normalized spacial score (nSPS) is 14.3. The van der Waals surface area contributed by atoms with E-state index in [1.807, 2.05) is 14.7 Å². The minimum atomic E-state index is -3.41. The fraction of sp³-hybridized carbons (Fsp3) is 0.441. The molecule has 0 unspecified atom stereocenters. The first-order valence-corrected chi connectivity index (χ1v) is 15.2. The average molecular weight is 591 g/mol. The summed E-state index contributed by atoms with van der Waals surface area (Å²) >= 11 is 0. The molecule has 0 saturated carbocycles. The largest absolute Gasteiger partial charge is 0.353 e. The second kappa shape index (κ2) is 14.1. The molecule has 1 fully saturated rings. The monoisotopic (exact) mass is 590 g/mol. The maximum Gasteiger partial charge on any atom is 0.328 e. The Kier molecular flexibility index (Phi) is 10.5. The molecule has 7 nitrogen and oxygen atoms in total. The molecule has 3 aromatic rings. The van der Waals surface area contributed by atoms with E-state index in [4.69, 9.17) is 10.7 Å². The zero-order valence-electron chi connectivity index (χ0n) is 26.0. The van der Waals surface area contributed by atoms with Gasteiger partial charge in [-0.1, -0.05) is 44.5 Å². The van der Waals surface area contributed by atoms with Crippen LogP contribution in [0.2, 0.25) is 0 Å². The highest BCUT2D eigenvalue weighted by molar-refractivity contribution is 5.85. The van der Waals surface area contributed by atoms with Gasteiger partial charge in [0.1, 0.15) is 5.82 Å². The minimum absolute atomic E-state index is 0.00995. The molecule has 4 rings (SSSR count). The van der Waals surface area contributed by atoms with Crippen molar-refractivity contribution >= 4 is 23.2 Å². The van der Waals surface area contributed by atoms with Crippen LogP contribution in [-0.2, 0) is 12.6 Å². The van der Waals surface area contributed by atoms with Gasteiger partial charge in [-0.05, 0) is 85.7 Å². The van der Waals surface area contributed by atoms with E-state index >= 15 is 0 Å². The molecule has 0 aliphatic carbocycles. The Morgan fingerprint density at radius 1 is 0.977 bits per heavy atom. The third-order valence-corrected chi connectivity index (χ3v) is 7.95. The Labute approximate surface area is 254 Å². The summed E-state index contributed by atoms with van der Waals surface area (Å²) in [4.78, 5) is 28.6. The van der Waals surface area contributed by atoms with Crippen molar-refractivity contribution < 1.29 is 13.6 Å². The summed E-state index contributed by atoms with van der Waals surface area (Å²) in [6.45, 7) is 13.9. The molecule has 230 valence electrons. The maximum atomic E-state index is 13.7. The zero-order valence-corrected chi connectivity index (χ0v) is 26.0. The van der Waals surface area contributed by atoms with E-state index in [1.165, 1.54) is 6.07 Å². The summed E-state index contributed by atoms with van der Waals surface area (Å²) in [5.41, 5.74) is 12.3. The van der Waals surface area contributed by atoms with Crippen molar-refractivity contribution in [2.75, 3.05) is 37.6 Å². The van der Waals surface area contributed by atoms with Crippen molar-refractivity contribution in [3.63, 3.8) is 0 Å². The number of anilines is 1. The summed E-state index contributed by atoms with van der Waals surface area (Å²) in [6.07, 6.45) is 4.02. The molecule has 9 heteroatoms. The first-order chi connectivity index (χ1) is 20.5. The van der Waals surface area contributed by atoms with Gasteiger partial charge in [-0.3, -0.25) is 10.7 Å². The van der Waals surface area contributed by atoms with Crippen molar-refractivity contribution in [3.8, 4) is 11.1 Å². The van der Waals surface area contributed by atoms with E-state index in [0.29, 0.717) is 45.1 Å². The first-order valence-electron chi connectivity index (χ1n) is 15.2. The van der Waals surface area contributed by atoms with E-state index in [1.54, 1.807) is 6.07 Å². The van der Waals surface area contributed by atoms with Crippen LogP contribution >= 0.6 is 0 Å². The molecule has 0 atom stereocenters. The molecular formula is C34H44F2N6O. The summed E-state index contributed by atoms with van der Waals surface area (Å²) in [5.74, 6) is 0.600. The number of carbonyl (C=O) groups is 1.